The third kappa shape index (κ3) is 5.69. The highest BCUT2D eigenvalue weighted by atomic mass is 35.5. The molecule has 2 N–H and O–H groups in total. The third-order valence-corrected chi connectivity index (χ3v) is 3.16. The molecule has 0 aromatic heterocycles. The van der Waals surface area contributed by atoms with Crippen LogP contribution in [0.1, 0.15) is 26.3 Å². The Morgan fingerprint density at radius 1 is 1.38 bits per heavy atom. The predicted octanol–water partition coefficient (Wildman–Crippen LogP) is 2.50. The molecule has 0 saturated heterocycles. The van der Waals surface area contributed by atoms with Crippen LogP contribution in [0, 0.1) is 16.0 Å². The SMILES string of the molecule is CC(C)CNC(=O)C(C)NCc1ccc(Cl)cc1[N+](=O)[O-]. The third-order valence-electron chi connectivity index (χ3n) is 2.92. The second-order valence-corrected chi connectivity index (χ2v) is 5.71. The van der Waals surface area contributed by atoms with Crippen LogP contribution >= 0.6 is 11.6 Å². The first-order chi connectivity index (χ1) is 9.81. The van der Waals surface area contributed by atoms with Crippen LogP contribution in [-0.2, 0) is 11.3 Å². The fourth-order valence-corrected chi connectivity index (χ4v) is 1.84. The number of nitro benzene ring substituents is 1. The van der Waals surface area contributed by atoms with Gasteiger partial charge in [-0.25, -0.2) is 0 Å². The highest BCUT2D eigenvalue weighted by Gasteiger charge is 2.17. The fourth-order valence-electron chi connectivity index (χ4n) is 1.67. The molecule has 0 saturated carbocycles. The fraction of sp³-hybridized carbons (Fsp3) is 0.500. The smallest absolute Gasteiger partial charge is 0.275 e. The molecule has 116 valence electrons. The van der Waals surface area contributed by atoms with Crippen LogP contribution in [0.25, 0.3) is 0 Å². The van der Waals surface area contributed by atoms with E-state index in [9.17, 15) is 14.9 Å². The number of nitrogens with zero attached hydrogens (tertiary/aromatic N) is 1. The van der Waals surface area contributed by atoms with E-state index < -0.39 is 11.0 Å². The van der Waals surface area contributed by atoms with Crippen molar-refractivity contribution in [1.29, 1.82) is 0 Å². The monoisotopic (exact) mass is 313 g/mol. The average Bonchev–Trinajstić information content (AvgIpc) is 2.42. The molecule has 0 spiro atoms. The lowest BCUT2D eigenvalue weighted by molar-refractivity contribution is -0.385. The van der Waals surface area contributed by atoms with Crippen molar-refractivity contribution in [2.75, 3.05) is 6.54 Å². The highest BCUT2D eigenvalue weighted by Crippen LogP contribution is 2.23. The minimum Gasteiger partial charge on any atom is -0.354 e. The van der Waals surface area contributed by atoms with E-state index in [-0.39, 0.29) is 18.1 Å². The van der Waals surface area contributed by atoms with Crippen LogP contribution in [0.3, 0.4) is 0 Å². The molecule has 1 aromatic rings. The van der Waals surface area contributed by atoms with Crippen molar-refractivity contribution in [3.8, 4) is 0 Å². The molecule has 1 rings (SSSR count). The van der Waals surface area contributed by atoms with Gasteiger partial charge in [0.1, 0.15) is 0 Å². The van der Waals surface area contributed by atoms with Gasteiger partial charge in [-0.2, -0.15) is 0 Å². The van der Waals surface area contributed by atoms with Gasteiger partial charge in [0, 0.05) is 29.7 Å². The Bertz CT molecular complexity index is 520. The maximum Gasteiger partial charge on any atom is 0.275 e. The van der Waals surface area contributed by atoms with Gasteiger partial charge in [-0.3, -0.25) is 14.9 Å². The molecule has 6 nitrogen and oxygen atoms in total. The number of rotatable bonds is 7. The lowest BCUT2D eigenvalue weighted by Crippen LogP contribution is -2.43. The van der Waals surface area contributed by atoms with E-state index >= 15 is 0 Å². The van der Waals surface area contributed by atoms with Gasteiger partial charge in [0.15, 0.2) is 0 Å². The molecule has 0 aliphatic carbocycles. The van der Waals surface area contributed by atoms with Crippen molar-refractivity contribution >= 4 is 23.2 Å². The second kappa shape index (κ2) is 7.95. The van der Waals surface area contributed by atoms with E-state index in [1.165, 1.54) is 6.07 Å². The Labute approximate surface area is 129 Å². The molecule has 21 heavy (non-hydrogen) atoms. The van der Waals surface area contributed by atoms with Crippen LogP contribution in [0.2, 0.25) is 5.02 Å². The van der Waals surface area contributed by atoms with Crippen LogP contribution in [0.4, 0.5) is 5.69 Å². The normalized spacial score (nSPS) is 12.2. The molecule has 1 amide bonds. The molecular weight excluding hydrogens is 294 g/mol. The molecule has 0 radical (unpaired) electrons. The van der Waals surface area contributed by atoms with Crippen molar-refractivity contribution in [2.24, 2.45) is 5.92 Å². The van der Waals surface area contributed by atoms with E-state index in [1.807, 2.05) is 13.8 Å². The number of benzene rings is 1. The number of hydrogen-bond donors (Lipinski definition) is 2. The maximum atomic E-state index is 11.8. The van der Waals surface area contributed by atoms with E-state index in [1.54, 1.807) is 19.1 Å². The summed E-state index contributed by atoms with van der Waals surface area (Å²) in [6.45, 7) is 6.57. The van der Waals surface area contributed by atoms with E-state index in [4.69, 9.17) is 11.6 Å². The zero-order valence-corrected chi connectivity index (χ0v) is 13.1. The number of nitro groups is 1. The van der Waals surface area contributed by atoms with Crippen LogP contribution in [0.15, 0.2) is 18.2 Å². The van der Waals surface area contributed by atoms with Crippen molar-refractivity contribution in [3.05, 3.63) is 38.9 Å². The van der Waals surface area contributed by atoms with Crippen molar-refractivity contribution in [1.82, 2.24) is 10.6 Å². The lowest BCUT2D eigenvalue weighted by atomic mass is 10.1. The van der Waals surface area contributed by atoms with Gasteiger partial charge in [0.2, 0.25) is 5.91 Å². The van der Waals surface area contributed by atoms with Gasteiger partial charge in [-0.1, -0.05) is 25.4 Å². The minimum atomic E-state index is -0.480. The molecule has 1 atom stereocenters. The maximum absolute atomic E-state index is 11.8. The number of carbonyl (C=O) groups is 1. The van der Waals surface area contributed by atoms with Crippen molar-refractivity contribution in [2.45, 2.75) is 33.4 Å². The molecule has 1 unspecified atom stereocenters. The molecule has 0 fully saturated rings. The molecule has 1 aromatic carbocycles. The first-order valence-corrected chi connectivity index (χ1v) is 7.13. The molecule has 0 bridgehead atoms. The summed E-state index contributed by atoms with van der Waals surface area (Å²) in [6.07, 6.45) is 0. The molecule has 7 heteroatoms. The van der Waals surface area contributed by atoms with Gasteiger partial charge < -0.3 is 10.6 Å². The number of carbonyl (C=O) groups excluding carboxylic acids is 1. The summed E-state index contributed by atoms with van der Waals surface area (Å²) in [6, 6.07) is 4.06. The summed E-state index contributed by atoms with van der Waals surface area (Å²) in [5.74, 6) is 0.249. The summed E-state index contributed by atoms with van der Waals surface area (Å²) in [4.78, 5) is 22.3. The van der Waals surface area contributed by atoms with Gasteiger partial charge >= 0.3 is 0 Å². The summed E-state index contributed by atoms with van der Waals surface area (Å²) in [5.41, 5.74) is 0.442. The lowest BCUT2D eigenvalue weighted by Gasteiger charge is -2.15. The Morgan fingerprint density at radius 2 is 2.05 bits per heavy atom. The topological polar surface area (TPSA) is 84.3 Å². The molecule has 0 aliphatic rings. The zero-order chi connectivity index (χ0) is 16.0. The summed E-state index contributed by atoms with van der Waals surface area (Å²) < 4.78 is 0. The van der Waals surface area contributed by atoms with Crippen molar-refractivity contribution < 1.29 is 9.72 Å². The van der Waals surface area contributed by atoms with Gasteiger partial charge in [-0.05, 0) is 25.0 Å². The number of amides is 1. The van der Waals surface area contributed by atoms with Gasteiger partial charge in [-0.15, -0.1) is 0 Å². The molecular formula is C14H20ClN3O3. The number of nitrogens with one attached hydrogen (secondary N) is 2. The summed E-state index contributed by atoms with van der Waals surface area (Å²) >= 11 is 5.76. The Kier molecular flexibility index (Phi) is 6.58. The quantitative estimate of drug-likeness (QED) is 0.598. The number of halogens is 1. The van der Waals surface area contributed by atoms with E-state index in [0.717, 1.165) is 0 Å². The van der Waals surface area contributed by atoms with Gasteiger partial charge in [0.05, 0.1) is 11.0 Å². The Balaban J connectivity index is 2.62. The van der Waals surface area contributed by atoms with Crippen LogP contribution in [0.5, 0.6) is 0 Å². The first-order valence-electron chi connectivity index (χ1n) is 6.75. The summed E-state index contributed by atoms with van der Waals surface area (Å²) in [5, 5.41) is 17.1. The van der Waals surface area contributed by atoms with Crippen LogP contribution < -0.4 is 10.6 Å². The minimum absolute atomic E-state index is 0.0511. The number of hydrogen-bond acceptors (Lipinski definition) is 4. The first kappa shape index (κ1) is 17.4. The largest absolute Gasteiger partial charge is 0.354 e. The highest BCUT2D eigenvalue weighted by molar-refractivity contribution is 6.30. The standard InChI is InChI=1S/C14H20ClN3O3/c1-9(2)7-17-14(19)10(3)16-8-11-4-5-12(15)6-13(11)18(20)21/h4-6,9-10,16H,7-8H2,1-3H3,(H,17,19). The van der Waals surface area contributed by atoms with Crippen molar-refractivity contribution in [3.63, 3.8) is 0 Å². The average molecular weight is 314 g/mol. The molecule has 0 heterocycles. The predicted molar refractivity (Wildman–Crippen MR) is 82.3 cm³/mol. The molecule has 0 aliphatic heterocycles. The Morgan fingerprint density at radius 3 is 2.62 bits per heavy atom. The van der Waals surface area contributed by atoms with Crippen LogP contribution in [-0.4, -0.2) is 23.4 Å². The summed E-state index contributed by atoms with van der Waals surface area (Å²) in [7, 11) is 0. The Hall–Kier alpha value is -1.66. The van der Waals surface area contributed by atoms with Gasteiger partial charge in [0.25, 0.3) is 5.69 Å². The second-order valence-electron chi connectivity index (χ2n) is 5.27. The van der Waals surface area contributed by atoms with E-state index in [0.29, 0.717) is 23.0 Å². The van der Waals surface area contributed by atoms with E-state index in [2.05, 4.69) is 10.6 Å². The zero-order valence-electron chi connectivity index (χ0n) is 12.4.